The predicted molar refractivity (Wildman–Crippen MR) is 72.3 cm³/mol. The lowest BCUT2D eigenvalue weighted by Crippen LogP contribution is -2.41. The van der Waals surface area contributed by atoms with E-state index in [2.05, 4.69) is 0 Å². The van der Waals surface area contributed by atoms with Crippen LogP contribution in [0.5, 0.6) is 0 Å². The lowest BCUT2D eigenvalue weighted by atomic mass is 10.1. The van der Waals surface area contributed by atoms with Gasteiger partial charge < -0.3 is 4.74 Å². The average molecular weight is 289 g/mol. The van der Waals surface area contributed by atoms with Crippen molar-refractivity contribution in [1.29, 1.82) is 0 Å². The highest BCUT2D eigenvalue weighted by atomic mass is 32.2. The first-order chi connectivity index (χ1) is 8.50. The van der Waals surface area contributed by atoms with Crippen LogP contribution >= 0.6 is 11.3 Å². The van der Waals surface area contributed by atoms with E-state index in [0.29, 0.717) is 17.3 Å². The summed E-state index contributed by atoms with van der Waals surface area (Å²) in [5, 5.41) is 1.79. The van der Waals surface area contributed by atoms with Crippen molar-refractivity contribution in [2.45, 2.75) is 43.1 Å². The molecule has 1 fully saturated rings. The number of ether oxygens (including phenoxy) is 1. The third kappa shape index (κ3) is 3.12. The van der Waals surface area contributed by atoms with Crippen LogP contribution in [-0.4, -0.2) is 38.0 Å². The Morgan fingerprint density at radius 3 is 2.56 bits per heavy atom. The van der Waals surface area contributed by atoms with Gasteiger partial charge in [-0.15, -0.1) is 11.3 Å². The Hall–Kier alpha value is -0.430. The monoisotopic (exact) mass is 289 g/mol. The van der Waals surface area contributed by atoms with E-state index in [0.717, 1.165) is 12.8 Å². The predicted octanol–water partition coefficient (Wildman–Crippen LogP) is 2.33. The third-order valence-electron chi connectivity index (χ3n) is 2.95. The van der Waals surface area contributed by atoms with Gasteiger partial charge in [-0.3, -0.25) is 0 Å². The van der Waals surface area contributed by atoms with Gasteiger partial charge in [0.15, 0.2) is 0 Å². The summed E-state index contributed by atoms with van der Waals surface area (Å²) in [5.41, 5.74) is 0. The number of hydrogen-bond acceptors (Lipinski definition) is 4. The Bertz CT molecular complexity index is 460. The first-order valence-corrected chi connectivity index (χ1v) is 8.51. The van der Waals surface area contributed by atoms with E-state index in [-0.39, 0.29) is 12.2 Å². The van der Waals surface area contributed by atoms with E-state index in [1.54, 1.807) is 21.8 Å². The molecule has 1 saturated heterocycles. The standard InChI is InChI=1S/C12H19NO3S2/c1-10(2)16-11-5-7-13(8-6-11)18(14,15)12-4-3-9-17-12/h3-4,9-11H,5-8H2,1-2H3. The SMILES string of the molecule is CC(C)OC1CCN(S(=O)(=O)c2cccs2)CC1. The minimum atomic E-state index is -3.27. The van der Waals surface area contributed by atoms with E-state index < -0.39 is 10.0 Å². The van der Waals surface area contributed by atoms with Gasteiger partial charge in [0.2, 0.25) is 0 Å². The molecule has 2 heterocycles. The third-order valence-corrected chi connectivity index (χ3v) is 6.23. The second-order valence-electron chi connectivity index (χ2n) is 4.72. The molecule has 6 heteroatoms. The number of piperidine rings is 1. The molecule has 18 heavy (non-hydrogen) atoms. The second kappa shape index (κ2) is 5.69. The highest BCUT2D eigenvalue weighted by Crippen LogP contribution is 2.25. The van der Waals surface area contributed by atoms with Gasteiger partial charge in [0.25, 0.3) is 10.0 Å². The van der Waals surface area contributed by atoms with Crippen LogP contribution in [0.2, 0.25) is 0 Å². The molecular formula is C12H19NO3S2. The Balaban J connectivity index is 1.98. The molecule has 1 aliphatic heterocycles. The largest absolute Gasteiger partial charge is 0.375 e. The van der Waals surface area contributed by atoms with Gasteiger partial charge in [0.05, 0.1) is 12.2 Å². The molecule has 0 aliphatic carbocycles. The maximum absolute atomic E-state index is 12.3. The minimum Gasteiger partial charge on any atom is -0.375 e. The molecule has 0 radical (unpaired) electrons. The van der Waals surface area contributed by atoms with Gasteiger partial charge in [0.1, 0.15) is 4.21 Å². The number of hydrogen-bond donors (Lipinski definition) is 0. The lowest BCUT2D eigenvalue weighted by Gasteiger charge is -2.31. The molecule has 0 aromatic carbocycles. The maximum Gasteiger partial charge on any atom is 0.252 e. The van der Waals surface area contributed by atoms with Crippen LogP contribution in [-0.2, 0) is 14.8 Å². The van der Waals surface area contributed by atoms with Crippen molar-refractivity contribution in [2.24, 2.45) is 0 Å². The fourth-order valence-corrected chi connectivity index (χ4v) is 4.75. The summed E-state index contributed by atoms with van der Waals surface area (Å²) in [6.07, 6.45) is 1.96. The summed E-state index contributed by atoms with van der Waals surface area (Å²) < 4.78 is 32.3. The maximum atomic E-state index is 12.3. The Kier molecular flexibility index (Phi) is 4.42. The Morgan fingerprint density at radius 1 is 1.39 bits per heavy atom. The van der Waals surface area contributed by atoms with Crippen molar-refractivity contribution in [1.82, 2.24) is 4.31 Å². The van der Waals surface area contributed by atoms with Crippen LogP contribution in [0, 0.1) is 0 Å². The Labute approximate surface area is 113 Å². The van der Waals surface area contributed by atoms with Crippen molar-refractivity contribution in [3.63, 3.8) is 0 Å². The molecule has 1 aromatic rings. The number of sulfonamides is 1. The molecule has 2 rings (SSSR count). The lowest BCUT2D eigenvalue weighted by molar-refractivity contribution is -0.0168. The highest BCUT2D eigenvalue weighted by Gasteiger charge is 2.30. The van der Waals surface area contributed by atoms with Crippen LogP contribution in [0.3, 0.4) is 0 Å². The smallest absolute Gasteiger partial charge is 0.252 e. The highest BCUT2D eigenvalue weighted by molar-refractivity contribution is 7.91. The van der Waals surface area contributed by atoms with Crippen molar-refractivity contribution in [3.8, 4) is 0 Å². The number of nitrogens with zero attached hydrogens (tertiary/aromatic N) is 1. The van der Waals surface area contributed by atoms with Crippen molar-refractivity contribution < 1.29 is 13.2 Å². The van der Waals surface area contributed by atoms with Gasteiger partial charge >= 0.3 is 0 Å². The van der Waals surface area contributed by atoms with Crippen molar-refractivity contribution in [3.05, 3.63) is 17.5 Å². The summed E-state index contributed by atoms with van der Waals surface area (Å²) in [4.78, 5) is 0. The summed E-state index contributed by atoms with van der Waals surface area (Å²) >= 11 is 1.27. The normalized spacial score (nSPS) is 19.5. The average Bonchev–Trinajstić information content (AvgIpc) is 2.83. The molecule has 0 bridgehead atoms. The zero-order valence-corrected chi connectivity index (χ0v) is 12.3. The number of rotatable bonds is 4. The van der Waals surface area contributed by atoms with Gasteiger partial charge in [-0.25, -0.2) is 8.42 Å². The molecule has 1 aliphatic rings. The van der Waals surface area contributed by atoms with Crippen molar-refractivity contribution in [2.75, 3.05) is 13.1 Å². The van der Waals surface area contributed by atoms with E-state index in [1.165, 1.54) is 11.3 Å². The van der Waals surface area contributed by atoms with Gasteiger partial charge in [-0.05, 0) is 38.1 Å². The zero-order chi connectivity index (χ0) is 13.2. The molecule has 0 amide bonds. The topological polar surface area (TPSA) is 46.6 Å². The van der Waals surface area contributed by atoms with Gasteiger partial charge in [0, 0.05) is 13.1 Å². The van der Waals surface area contributed by atoms with Gasteiger partial charge in [-0.1, -0.05) is 6.07 Å². The summed E-state index contributed by atoms with van der Waals surface area (Å²) in [5.74, 6) is 0. The molecule has 102 valence electrons. The van der Waals surface area contributed by atoms with E-state index >= 15 is 0 Å². The molecular weight excluding hydrogens is 270 g/mol. The van der Waals surface area contributed by atoms with Crippen LogP contribution in [0.4, 0.5) is 0 Å². The fraction of sp³-hybridized carbons (Fsp3) is 0.667. The van der Waals surface area contributed by atoms with Crippen molar-refractivity contribution >= 4 is 21.4 Å². The molecule has 0 atom stereocenters. The molecule has 0 N–H and O–H groups in total. The first-order valence-electron chi connectivity index (χ1n) is 6.19. The zero-order valence-electron chi connectivity index (χ0n) is 10.7. The fourth-order valence-electron chi connectivity index (χ4n) is 2.13. The molecule has 1 aromatic heterocycles. The number of thiophene rings is 1. The molecule has 0 spiro atoms. The Morgan fingerprint density at radius 2 is 2.06 bits per heavy atom. The molecule has 4 nitrogen and oxygen atoms in total. The summed E-state index contributed by atoms with van der Waals surface area (Å²) in [6.45, 7) is 5.12. The van der Waals surface area contributed by atoms with Crippen LogP contribution in [0.1, 0.15) is 26.7 Å². The van der Waals surface area contributed by atoms with Crippen LogP contribution < -0.4 is 0 Å². The second-order valence-corrected chi connectivity index (χ2v) is 7.83. The van der Waals surface area contributed by atoms with E-state index in [1.807, 2.05) is 13.8 Å². The quantitative estimate of drug-likeness (QED) is 0.854. The van der Waals surface area contributed by atoms with E-state index in [4.69, 9.17) is 4.74 Å². The molecule has 0 unspecified atom stereocenters. The minimum absolute atomic E-state index is 0.194. The van der Waals surface area contributed by atoms with Crippen LogP contribution in [0.25, 0.3) is 0 Å². The summed E-state index contributed by atoms with van der Waals surface area (Å²) in [7, 11) is -3.27. The van der Waals surface area contributed by atoms with Crippen LogP contribution in [0.15, 0.2) is 21.7 Å². The summed E-state index contributed by atoms with van der Waals surface area (Å²) in [6, 6.07) is 3.43. The first kappa shape index (κ1) is 14.0. The van der Waals surface area contributed by atoms with E-state index in [9.17, 15) is 8.42 Å². The van der Waals surface area contributed by atoms with Gasteiger partial charge in [-0.2, -0.15) is 4.31 Å². The molecule has 0 saturated carbocycles.